The number of phenolic OH excluding ortho intramolecular Hbond substituents is 1. The third kappa shape index (κ3) is 5.66. The maximum absolute atomic E-state index is 15.0. The predicted molar refractivity (Wildman–Crippen MR) is 145 cm³/mol. The zero-order chi connectivity index (χ0) is 27.8. The summed E-state index contributed by atoms with van der Waals surface area (Å²) in [5, 5.41) is 9.38. The highest BCUT2D eigenvalue weighted by molar-refractivity contribution is 6.72. The lowest BCUT2D eigenvalue weighted by Crippen LogP contribution is -2.55. The van der Waals surface area contributed by atoms with Crippen molar-refractivity contribution in [2.75, 3.05) is 4.90 Å². The molecule has 0 spiro atoms. The summed E-state index contributed by atoms with van der Waals surface area (Å²) in [5.74, 6) is -2.39. The van der Waals surface area contributed by atoms with Crippen molar-refractivity contribution in [3.8, 4) is 5.75 Å². The molecule has 0 saturated carbocycles. The van der Waals surface area contributed by atoms with Crippen LogP contribution < -0.4 is 4.90 Å². The van der Waals surface area contributed by atoms with Crippen LogP contribution in [0.15, 0.2) is 66.7 Å². The van der Waals surface area contributed by atoms with E-state index in [0.717, 1.165) is 11.6 Å². The monoisotopic (exact) mass is 541 g/mol. The summed E-state index contributed by atoms with van der Waals surface area (Å²) in [6.45, 7) is 7.87. The molecular formula is C30H34F3NO3Si. The molecule has 1 saturated heterocycles. The lowest BCUT2D eigenvalue weighted by atomic mass is 9.75. The van der Waals surface area contributed by atoms with E-state index in [4.69, 9.17) is 0 Å². The smallest absolute Gasteiger partial charge is 0.233 e. The Morgan fingerprint density at radius 2 is 1.53 bits per heavy atom. The molecule has 1 heterocycles. The van der Waals surface area contributed by atoms with Crippen LogP contribution in [-0.4, -0.2) is 24.1 Å². The third-order valence-corrected chi connectivity index (χ3v) is 11.7. The van der Waals surface area contributed by atoms with Crippen molar-refractivity contribution in [3.05, 3.63) is 95.3 Å². The van der Waals surface area contributed by atoms with Crippen LogP contribution in [0, 0.1) is 23.4 Å². The van der Waals surface area contributed by atoms with E-state index in [1.165, 1.54) is 53.4 Å². The fraction of sp³-hybridized carbons (Fsp3) is 0.367. The Kier molecular flexibility index (Phi) is 7.77. The van der Waals surface area contributed by atoms with Gasteiger partial charge in [0.15, 0.2) is 8.32 Å². The molecule has 1 fully saturated rings. The topological polar surface area (TPSA) is 60.8 Å². The summed E-state index contributed by atoms with van der Waals surface area (Å²) < 4.78 is 42.3. The number of carbonyl (C=O) groups excluding carboxylic acids is 1. The van der Waals surface area contributed by atoms with Gasteiger partial charge in [0.1, 0.15) is 23.2 Å². The summed E-state index contributed by atoms with van der Waals surface area (Å²) in [5.41, 5.74) is 1.67. The third-order valence-electron chi connectivity index (χ3n) is 8.20. The molecule has 0 unspecified atom stereocenters. The van der Waals surface area contributed by atoms with Crippen molar-refractivity contribution in [2.24, 2.45) is 5.92 Å². The van der Waals surface area contributed by atoms with Gasteiger partial charge in [-0.1, -0.05) is 32.0 Å². The van der Waals surface area contributed by atoms with Gasteiger partial charge in [-0.15, -0.1) is 0 Å². The minimum absolute atomic E-state index is 0.0532. The number of hydrogen-bond acceptors (Lipinski definition) is 3. The van der Waals surface area contributed by atoms with E-state index in [1.807, 2.05) is 26.9 Å². The summed E-state index contributed by atoms with van der Waals surface area (Å²) in [6.07, 6.45) is 1.66. The molecule has 4 rings (SSSR count). The molecule has 0 aliphatic carbocycles. The maximum Gasteiger partial charge on any atom is 0.233 e. The number of β-lactam (4-membered cyclic amide) rings is 1. The molecule has 2 N–H and O–H groups in total. The minimum atomic E-state index is -2.55. The van der Waals surface area contributed by atoms with Crippen LogP contribution in [0.25, 0.3) is 0 Å². The van der Waals surface area contributed by atoms with Crippen molar-refractivity contribution in [2.45, 2.75) is 63.2 Å². The number of halogens is 3. The molecule has 0 radical (unpaired) electrons. The number of amides is 1. The summed E-state index contributed by atoms with van der Waals surface area (Å²) >= 11 is 0. The Labute approximate surface area is 222 Å². The Bertz CT molecular complexity index is 1290. The van der Waals surface area contributed by atoms with Crippen molar-refractivity contribution in [1.82, 2.24) is 0 Å². The minimum Gasteiger partial charge on any atom is -0.508 e. The van der Waals surface area contributed by atoms with Gasteiger partial charge in [0.05, 0.1) is 12.0 Å². The van der Waals surface area contributed by atoms with Crippen LogP contribution in [0.5, 0.6) is 5.75 Å². The Morgan fingerprint density at radius 3 is 2.08 bits per heavy atom. The number of anilines is 1. The molecular weight excluding hydrogens is 507 g/mol. The molecule has 1 aliphatic heterocycles. The standard InChI is InChI=1S/C30H34F3NO3Si/c1-30(2,38(3,4)37)18-20(19-5-8-21(31)9-6-19)7-15-26-28(25-16-14-24(35)17-27(25)33)34(29(26)36)23-12-10-22(32)11-13-23/h5-6,8-14,16-17,20,26,28,35,37H,7,15,18H2,1-4H3/t20-,26-,28-/m1/s1. The average Bonchev–Trinajstić information content (AvgIpc) is 2.83. The van der Waals surface area contributed by atoms with E-state index in [9.17, 15) is 23.5 Å². The number of hydrogen-bond donors (Lipinski definition) is 2. The number of aromatic hydroxyl groups is 1. The SMILES string of the molecule is CC(C)(C[C@@H](CC[C@H]1C(=O)N(c2ccc(F)cc2)[C@@H]1c1ccc(O)cc1F)c1ccc(F)cc1)[Si](C)(C)O. The maximum atomic E-state index is 15.0. The molecule has 0 bridgehead atoms. The molecule has 1 amide bonds. The highest BCUT2D eigenvalue weighted by Crippen LogP contribution is 2.50. The number of carbonyl (C=O) groups is 1. The summed E-state index contributed by atoms with van der Waals surface area (Å²) in [6, 6.07) is 15.1. The van der Waals surface area contributed by atoms with E-state index in [0.29, 0.717) is 24.9 Å². The molecule has 1 aliphatic rings. The van der Waals surface area contributed by atoms with Gasteiger partial charge >= 0.3 is 0 Å². The number of benzene rings is 3. The van der Waals surface area contributed by atoms with Gasteiger partial charge in [0.25, 0.3) is 0 Å². The average molecular weight is 542 g/mol. The van der Waals surface area contributed by atoms with Gasteiger partial charge in [-0.3, -0.25) is 4.79 Å². The normalized spacial score (nSPS) is 18.8. The van der Waals surface area contributed by atoms with Crippen LogP contribution in [0.3, 0.4) is 0 Å². The molecule has 8 heteroatoms. The van der Waals surface area contributed by atoms with Crippen LogP contribution >= 0.6 is 0 Å². The first-order chi connectivity index (χ1) is 17.8. The first-order valence-electron chi connectivity index (χ1n) is 12.8. The summed E-state index contributed by atoms with van der Waals surface area (Å²) in [4.78, 5) is 25.8. The van der Waals surface area contributed by atoms with Gasteiger partial charge in [-0.05, 0) is 91.3 Å². The van der Waals surface area contributed by atoms with Crippen molar-refractivity contribution >= 4 is 19.9 Å². The Balaban J connectivity index is 1.64. The first kappa shape index (κ1) is 27.9. The van der Waals surface area contributed by atoms with Crippen LogP contribution in [0.1, 0.15) is 56.2 Å². The quantitative estimate of drug-likeness (QED) is 0.219. The second kappa shape index (κ2) is 10.6. The summed E-state index contributed by atoms with van der Waals surface area (Å²) in [7, 11) is -2.55. The van der Waals surface area contributed by atoms with Crippen LogP contribution in [-0.2, 0) is 4.79 Å². The van der Waals surface area contributed by atoms with Crippen molar-refractivity contribution in [3.63, 3.8) is 0 Å². The number of nitrogens with zero attached hydrogens (tertiary/aromatic N) is 1. The molecule has 202 valence electrons. The lowest BCUT2D eigenvalue weighted by molar-refractivity contribution is -0.130. The fourth-order valence-corrected chi connectivity index (χ4v) is 5.95. The largest absolute Gasteiger partial charge is 0.508 e. The molecule has 3 atom stereocenters. The van der Waals surface area contributed by atoms with Gasteiger partial charge in [0, 0.05) is 17.3 Å². The second-order valence-corrected chi connectivity index (χ2v) is 15.9. The van der Waals surface area contributed by atoms with Gasteiger partial charge < -0.3 is 14.8 Å². The highest BCUT2D eigenvalue weighted by atomic mass is 28.4. The second-order valence-electron chi connectivity index (χ2n) is 11.4. The van der Waals surface area contributed by atoms with E-state index in [1.54, 1.807) is 12.1 Å². The van der Waals surface area contributed by atoms with E-state index < -0.39 is 31.9 Å². The van der Waals surface area contributed by atoms with Gasteiger partial charge in [0.2, 0.25) is 5.91 Å². The molecule has 38 heavy (non-hydrogen) atoms. The zero-order valence-electron chi connectivity index (χ0n) is 22.1. The molecule has 0 aromatic heterocycles. The molecule has 4 nitrogen and oxygen atoms in total. The van der Waals surface area contributed by atoms with E-state index in [2.05, 4.69) is 0 Å². The predicted octanol–water partition coefficient (Wildman–Crippen LogP) is 7.45. The van der Waals surface area contributed by atoms with E-state index >= 15 is 4.39 Å². The first-order valence-corrected chi connectivity index (χ1v) is 15.8. The Morgan fingerprint density at radius 1 is 0.947 bits per heavy atom. The van der Waals surface area contributed by atoms with Crippen LogP contribution in [0.2, 0.25) is 18.1 Å². The van der Waals surface area contributed by atoms with Crippen molar-refractivity contribution in [1.29, 1.82) is 0 Å². The van der Waals surface area contributed by atoms with Crippen LogP contribution in [0.4, 0.5) is 18.9 Å². The fourth-order valence-electron chi connectivity index (χ4n) is 5.20. The van der Waals surface area contributed by atoms with Crippen molar-refractivity contribution < 1.29 is 27.9 Å². The highest BCUT2D eigenvalue weighted by Gasteiger charge is 2.50. The molecule has 3 aromatic rings. The zero-order valence-corrected chi connectivity index (χ0v) is 23.1. The Hall–Kier alpha value is -3.10. The number of phenols is 1. The number of rotatable bonds is 9. The molecule has 3 aromatic carbocycles. The van der Waals surface area contributed by atoms with E-state index in [-0.39, 0.29) is 34.0 Å². The lowest BCUT2D eigenvalue weighted by Gasteiger charge is -2.48. The van der Waals surface area contributed by atoms with Gasteiger partial charge in [-0.25, -0.2) is 13.2 Å². The van der Waals surface area contributed by atoms with Gasteiger partial charge in [-0.2, -0.15) is 0 Å².